The van der Waals surface area contributed by atoms with Crippen molar-refractivity contribution in [3.8, 4) is 5.75 Å². The van der Waals surface area contributed by atoms with Gasteiger partial charge in [0.15, 0.2) is 0 Å². The van der Waals surface area contributed by atoms with Crippen LogP contribution < -0.4 is 5.32 Å². The molecule has 0 bridgehead atoms. The van der Waals surface area contributed by atoms with Gasteiger partial charge >= 0.3 is 0 Å². The van der Waals surface area contributed by atoms with Crippen LogP contribution in [0.3, 0.4) is 0 Å². The van der Waals surface area contributed by atoms with Gasteiger partial charge in [-0.05, 0) is 17.2 Å². The first-order valence-electron chi connectivity index (χ1n) is 8.52. The fourth-order valence-corrected chi connectivity index (χ4v) is 3.13. The number of para-hydroxylation sites is 1. The highest BCUT2D eigenvalue weighted by Gasteiger charge is 2.22. The third kappa shape index (κ3) is 4.17. The van der Waals surface area contributed by atoms with E-state index in [1.165, 1.54) is 11.1 Å². The highest BCUT2D eigenvalue weighted by Crippen LogP contribution is 2.32. The molecule has 0 fully saturated rings. The Bertz CT molecular complexity index is 799. The van der Waals surface area contributed by atoms with Crippen LogP contribution in [0.1, 0.15) is 28.7 Å². The molecule has 0 unspecified atom stereocenters. The van der Waals surface area contributed by atoms with Gasteiger partial charge in [-0.2, -0.15) is 0 Å². The van der Waals surface area contributed by atoms with Crippen molar-refractivity contribution < 1.29 is 5.11 Å². The molecule has 3 aromatic carbocycles. The standard InChI is InChI=1S/C23H23NO/c1-2-21(18-11-5-3-6-12-18)23(19-13-7-4-8-14-19)24-17-20-15-9-10-16-22(20)25/h2-16,21,23-25H,1,17H2/t21-,23-/m1/s1. The summed E-state index contributed by atoms with van der Waals surface area (Å²) >= 11 is 0. The summed E-state index contributed by atoms with van der Waals surface area (Å²) in [4.78, 5) is 0. The van der Waals surface area contributed by atoms with Crippen LogP contribution >= 0.6 is 0 Å². The number of nitrogens with one attached hydrogen (secondary N) is 1. The van der Waals surface area contributed by atoms with Gasteiger partial charge < -0.3 is 10.4 Å². The maximum absolute atomic E-state index is 10.0. The minimum Gasteiger partial charge on any atom is -0.508 e. The Balaban J connectivity index is 1.90. The molecule has 126 valence electrons. The lowest BCUT2D eigenvalue weighted by Crippen LogP contribution is -2.26. The van der Waals surface area contributed by atoms with Gasteiger partial charge in [-0.1, -0.05) is 84.9 Å². The molecule has 0 amide bonds. The Hall–Kier alpha value is -2.84. The van der Waals surface area contributed by atoms with Crippen LogP contribution in [0, 0.1) is 0 Å². The third-order valence-electron chi connectivity index (χ3n) is 4.46. The fraction of sp³-hybridized carbons (Fsp3) is 0.130. The quantitative estimate of drug-likeness (QED) is 0.584. The van der Waals surface area contributed by atoms with E-state index in [0.29, 0.717) is 12.3 Å². The normalized spacial score (nSPS) is 13.1. The lowest BCUT2D eigenvalue weighted by atomic mass is 9.87. The van der Waals surface area contributed by atoms with Crippen LogP contribution in [0.4, 0.5) is 0 Å². The van der Waals surface area contributed by atoms with Crippen molar-refractivity contribution in [1.29, 1.82) is 0 Å². The summed E-state index contributed by atoms with van der Waals surface area (Å²) in [7, 11) is 0. The monoisotopic (exact) mass is 329 g/mol. The van der Waals surface area contributed by atoms with E-state index in [1.807, 2.05) is 36.4 Å². The average molecular weight is 329 g/mol. The zero-order chi connectivity index (χ0) is 17.5. The predicted octanol–water partition coefficient (Wildman–Crippen LogP) is 5.19. The van der Waals surface area contributed by atoms with E-state index >= 15 is 0 Å². The zero-order valence-corrected chi connectivity index (χ0v) is 14.2. The molecular formula is C23H23NO. The topological polar surface area (TPSA) is 32.3 Å². The van der Waals surface area contributed by atoms with Gasteiger partial charge in [-0.25, -0.2) is 0 Å². The summed E-state index contributed by atoms with van der Waals surface area (Å²) in [5.41, 5.74) is 3.31. The Morgan fingerprint density at radius 3 is 1.96 bits per heavy atom. The number of benzene rings is 3. The van der Waals surface area contributed by atoms with Gasteiger partial charge in [-0.3, -0.25) is 0 Å². The molecule has 0 spiro atoms. The molecule has 3 aromatic rings. The molecule has 0 radical (unpaired) electrons. The van der Waals surface area contributed by atoms with E-state index in [-0.39, 0.29) is 12.0 Å². The molecule has 2 atom stereocenters. The Morgan fingerprint density at radius 1 is 0.800 bits per heavy atom. The van der Waals surface area contributed by atoms with Crippen LogP contribution in [0.25, 0.3) is 0 Å². The van der Waals surface area contributed by atoms with Gasteiger partial charge in [-0.15, -0.1) is 6.58 Å². The SMILES string of the molecule is C=C[C@H](c1ccccc1)[C@H](NCc1ccccc1O)c1ccccc1. The summed E-state index contributed by atoms with van der Waals surface area (Å²) in [6, 6.07) is 28.3. The van der Waals surface area contributed by atoms with Crippen LogP contribution in [0.5, 0.6) is 5.75 Å². The Labute approximate surface area is 149 Å². The minimum atomic E-state index is 0.0701. The lowest BCUT2D eigenvalue weighted by molar-refractivity contribution is 0.449. The van der Waals surface area contributed by atoms with Crippen LogP contribution in [-0.2, 0) is 6.54 Å². The van der Waals surface area contributed by atoms with Crippen molar-refractivity contribution in [1.82, 2.24) is 5.32 Å². The van der Waals surface area contributed by atoms with Gasteiger partial charge in [0.1, 0.15) is 5.75 Å². The largest absolute Gasteiger partial charge is 0.508 e. The third-order valence-corrected chi connectivity index (χ3v) is 4.46. The molecule has 3 rings (SSSR count). The first kappa shape index (κ1) is 17.0. The minimum absolute atomic E-state index is 0.0701. The molecule has 0 aliphatic carbocycles. The number of aromatic hydroxyl groups is 1. The van der Waals surface area contributed by atoms with Crippen LogP contribution in [0.15, 0.2) is 97.6 Å². The highest BCUT2D eigenvalue weighted by molar-refractivity contribution is 5.34. The molecule has 0 saturated heterocycles. The van der Waals surface area contributed by atoms with Crippen LogP contribution in [-0.4, -0.2) is 5.11 Å². The van der Waals surface area contributed by atoms with Gasteiger partial charge in [0.2, 0.25) is 0 Å². The second kappa shape index (κ2) is 8.32. The zero-order valence-electron chi connectivity index (χ0n) is 14.2. The van der Waals surface area contributed by atoms with Gasteiger partial charge in [0, 0.05) is 24.1 Å². The number of hydrogen-bond acceptors (Lipinski definition) is 2. The van der Waals surface area contributed by atoms with Crippen molar-refractivity contribution in [2.75, 3.05) is 0 Å². The maximum Gasteiger partial charge on any atom is 0.120 e. The first-order chi connectivity index (χ1) is 12.3. The second-order valence-electron chi connectivity index (χ2n) is 6.07. The Kier molecular flexibility index (Phi) is 5.65. The molecule has 0 heterocycles. The average Bonchev–Trinajstić information content (AvgIpc) is 2.68. The predicted molar refractivity (Wildman–Crippen MR) is 104 cm³/mol. The van der Waals surface area contributed by atoms with E-state index in [0.717, 1.165) is 5.56 Å². The molecule has 2 nitrogen and oxygen atoms in total. The lowest BCUT2D eigenvalue weighted by Gasteiger charge is -2.27. The Morgan fingerprint density at radius 2 is 1.36 bits per heavy atom. The number of phenolic OH excluding ortho intramolecular Hbond substituents is 1. The van der Waals surface area contributed by atoms with E-state index in [9.17, 15) is 5.11 Å². The maximum atomic E-state index is 10.0. The van der Waals surface area contributed by atoms with Gasteiger partial charge in [0.25, 0.3) is 0 Å². The van der Waals surface area contributed by atoms with E-state index in [1.54, 1.807) is 6.07 Å². The van der Waals surface area contributed by atoms with E-state index < -0.39 is 0 Å². The van der Waals surface area contributed by atoms with E-state index in [2.05, 4.69) is 60.4 Å². The molecule has 0 saturated carbocycles. The summed E-state index contributed by atoms with van der Waals surface area (Å²) in [5, 5.41) is 13.7. The molecule has 2 N–H and O–H groups in total. The summed E-state index contributed by atoms with van der Waals surface area (Å²) in [5.74, 6) is 0.450. The van der Waals surface area contributed by atoms with Crippen molar-refractivity contribution in [2.45, 2.75) is 18.5 Å². The summed E-state index contributed by atoms with van der Waals surface area (Å²) < 4.78 is 0. The van der Waals surface area contributed by atoms with Crippen molar-refractivity contribution >= 4 is 0 Å². The molecule has 0 aliphatic heterocycles. The fourth-order valence-electron chi connectivity index (χ4n) is 3.13. The van der Waals surface area contributed by atoms with Crippen LogP contribution in [0.2, 0.25) is 0 Å². The van der Waals surface area contributed by atoms with Crippen molar-refractivity contribution in [2.24, 2.45) is 0 Å². The second-order valence-corrected chi connectivity index (χ2v) is 6.07. The molecule has 0 aliphatic rings. The number of phenols is 1. The van der Waals surface area contributed by atoms with Crippen molar-refractivity contribution in [3.63, 3.8) is 0 Å². The van der Waals surface area contributed by atoms with Gasteiger partial charge in [0.05, 0.1) is 0 Å². The summed E-state index contributed by atoms with van der Waals surface area (Å²) in [6.07, 6.45) is 1.99. The summed E-state index contributed by atoms with van der Waals surface area (Å²) in [6.45, 7) is 4.65. The van der Waals surface area contributed by atoms with E-state index in [4.69, 9.17) is 0 Å². The first-order valence-corrected chi connectivity index (χ1v) is 8.52. The highest BCUT2D eigenvalue weighted by atomic mass is 16.3. The molecular weight excluding hydrogens is 306 g/mol. The number of rotatable bonds is 7. The molecule has 0 aromatic heterocycles. The van der Waals surface area contributed by atoms with Crippen molar-refractivity contribution in [3.05, 3.63) is 114 Å². The molecule has 2 heteroatoms. The molecule has 25 heavy (non-hydrogen) atoms. The smallest absolute Gasteiger partial charge is 0.120 e. The number of hydrogen-bond donors (Lipinski definition) is 2.